The Morgan fingerprint density at radius 3 is 1.44 bits per heavy atom. The molecule has 0 spiro atoms. The Bertz CT molecular complexity index is 1270. The summed E-state index contributed by atoms with van der Waals surface area (Å²) in [5.41, 5.74) is 4.87. The van der Waals surface area contributed by atoms with Crippen molar-refractivity contribution >= 4 is 43.5 Å². The highest BCUT2D eigenvalue weighted by Gasteiger charge is 2.42. The van der Waals surface area contributed by atoms with Crippen LogP contribution >= 0.6 is 19.6 Å². The Kier molecular flexibility index (Phi) is 46.0. The zero-order valence-corrected chi connectivity index (χ0v) is 44.5. The number of fused-ring (bicyclic) bond motifs is 1. The average Bonchev–Trinajstić information content (AvgIpc) is 3.87. The van der Waals surface area contributed by atoms with Crippen molar-refractivity contribution in [2.45, 2.75) is 268 Å². The summed E-state index contributed by atoms with van der Waals surface area (Å²) in [7, 11) is -4.26. The molecule has 0 aromatic carbocycles. The minimum atomic E-state index is -4.26. The lowest BCUT2D eigenvalue weighted by molar-refractivity contribution is -0.161. The minimum absolute atomic E-state index is 0.0569. The number of hydrogen-bond donors (Lipinski definition) is 7. The van der Waals surface area contributed by atoms with Crippen LogP contribution in [0, 0.1) is 0 Å². The summed E-state index contributed by atoms with van der Waals surface area (Å²) in [5, 5.41) is 24.3. The van der Waals surface area contributed by atoms with Gasteiger partial charge in [-0.25, -0.2) is 9.36 Å². The van der Waals surface area contributed by atoms with Gasteiger partial charge < -0.3 is 45.8 Å². The predicted molar refractivity (Wildman–Crippen MR) is 276 cm³/mol. The molecule has 4 atom stereocenters. The molecule has 402 valence electrons. The zero-order valence-electron chi connectivity index (χ0n) is 42.8. The van der Waals surface area contributed by atoms with E-state index in [1.807, 2.05) is 11.8 Å². The second-order valence-corrected chi connectivity index (χ2v) is 21.3. The Hall–Kier alpha value is -1.94. The number of phosphoric acid groups is 1. The lowest BCUT2D eigenvalue weighted by Crippen LogP contribution is -2.36. The second-order valence-electron chi connectivity index (χ2n) is 18.8. The van der Waals surface area contributed by atoms with Crippen molar-refractivity contribution < 1.29 is 57.7 Å². The lowest BCUT2D eigenvalue weighted by Gasteiger charge is -2.16. The summed E-state index contributed by atoms with van der Waals surface area (Å²) < 4.78 is 24.3. The molecular formula is C51H100N3O12PS. The van der Waals surface area contributed by atoms with E-state index in [0.717, 1.165) is 57.1 Å². The van der Waals surface area contributed by atoms with Gasteiger partial charge in [0, 0.05) is 36.8 Å². The van der Waals surface area contributed by atoms with Gasteiger partial charge in [-0.05, 0) is 25.7 Å². The van der Waals surface area contributed by atoms with E-state index in [1.165, 1.54) is 161 Å². The minimum Gasteiger partial charge on any atom is -0.481 e. The first-order valence-electron chi connectivity index (χ1n) is 27.1. The number of nitrogens with two attached hydrogens (primary N) is 1. The Morgan fingerprint density at radius 1 is 0.647 bits per heavy atom. The van der Waals surface area contributed by atoms with Gasteiger partial charge in [0.05, 0.1) is 25.3 Å². The molecule has 2 saturated heterocycles. The van der Waals surface area contributed by atoms with Gasteiger partial charge in [0.1, 0.15) is 6.61 Å². The number of aliphatic hydroxyl groups excluding tert-OH is 1. The molecule has 2 heterocycles. The van der Waals surface area contributed by atoms with E-state index in [1.54, 1.807) is 0 Å². The topological polar surface area (TPSA) is 244 Å². The molecule has 17 heteroatoms. The number of unbranched alkanes of at least 4 members (excludes halogenated alkanes) is 29. The maximum absolute atomic E-state index is 12.1. The number of carbonyl (C=O) groups excluding carboxylic acids is 3. The number of aliphatic hydroxyl groups is 1. The number of ether oxygens (including phenoxy) is 2. The molecule has 2 rings (SSSR count). The third-order valence-corrected chi connectivity index (χ3v) is 14.4. The number of phosphoric ester groups is 1. The fraction of sp³-hybridized carbons (Fsp3) is 0.922. The maximum atomic E-state index is 12.1. The highest BCUT2D eigenvalue weighted by atomic mass is 32.2. The normalized spacial score (nSPS) is 16.7. The van der Waals surface area contributed by atoms with Gasteiger partial charge in [-0.1, -0.05) is 200 Å². The maximum Gasteiger partial charge on any atom is 0.469 e. The third-order valence-electron chi connectivity index (χ3n) is 12.3. The number of carbonyl (C=O) groups is 4. The average molecular weight is 1010 g/mol. The number of rotatable bonds is 44. The first-order valence-corrected chi connectivity index (χ1v) is 29.7. The van der Waals surface area contributed by atoms with E-state index >= 15 is 0 Å². The molecular weight excluding hydrogens is 910 g/mol. The van der Waals surface area contributed by atoms with Crippen molar-refractivity contribution in [1.29, 1.82) is 0 Å². The quantitative estimate of drug-likeness (QED) is 0.0130. The van der Waals surface area contributed by atoms with Gasteiger partial charge in [-0.3, -0.25) is 18.9 Å². The number of aliphatic carboxylic acids is 1. The van der Waals surface area contributed by atoms with Crippen molar-refractivity contribution in [2.24, 2.45) is 5.73 Å². The standard InChI is InChI=1S/C39H76O5.C10H16N2O3S.C2H8NO4P/c1-3-5-7-9-11-13-15-17-19-21-23-25-27-29-31-33-38(41)43-36-37(35-40)44-39(42)34-32-30-28-26-24-22-20-18-16-14-12-10-8-6-4-2;13-8(14)4-2-1-3-7-9-6(5-16-7)11-10(15)12-9;3-1-2-7-8(4,5)6/h37,40H,3-36H2,1-2H3;6-7,9H,1-5H2,(H,13,14)(H2,11,12,15);1-3H2,(H2,4,5,6)/t37-;6-,7-,9-;/m00./s1. The van der Waals surface area contributed by atoms with Crippen LogP contribution in [0.4, 0.5) is 4.79 Å². The molecule has 15 nitrogen and oxygen atoms in total. The molecule has 0 unspecified atom stereocenters. The van der Waals surface area contributed by atoms with E-state index in [9.17, 15) is 28.8 Å². The molecule has 0 aromatic rings. The number of urea groups is 1. The van der Waals surface area contributed by atoms with Crippen LogP contribution in [0.2, 0.25) is 0 Å². The SMILES string of the molecule is CCCCCCCCCCCCCCCCCC(=O)OC[C@H](CO)OC(=O)CCCCCCCCCCCCCCCCC.NCCOP(=O)(O)O.O=C(O)CCCC[C@@H]1SC[C@@H]2NC(=O)N[C@@H]21. The summed E-state index contributed by atoms with van der Waals surface area (Å²) in [5.74, 6) is -0.339. The number of hydrogen-bond acceptors (Lipinski definition) is 11. The van der Waals surface area contributed by atoms with E-state index in [0.29, 0.717) is 18.1 Å². The van der Waals surface area contributed by atoms with E-state index in [-0.39, 0.29) is 62.8 Å². The van der Waals surface area contributed by atoms with Crippen LogP contribution in [-0.2, 0) is 32.9 Å². The summed E-state index contributed by atoms with van der Waals surface area (Å²) in [4.78, 5) is 61.6. The molecule has 68 heavy (non-hydrogen) atoms. The molecule has 8 N–H and O–H groups in total. The number of thioether (sulfide) groups is 1. The van der Waals surface area contributed by atoms with Gasteiger partial charge >= 0.3 is 31.8 Å². The largest absolute Gasteiger partial charge is 0.481 e. The zero-order chi connectivity index (χ0) is 50.4. The van der Waals surface area contributed by atoms with Crippen LogP contribution in [0.3, 0.4) is 0 Å². The van der Waals surface area contributed by atoms with Gasteiger partial charge in [0.25, 0.3) is 0 Å². The Balaban J connectivity index is 0.00000150. The van der Waals surface area contributed by atoms with Crippen LogP contribution in [0.15, 0.2) is 0 Å². The summed E-state index contributed by atoms with van der Waals surface area (Å²) in [6, 6.07) is 0.440. The lowest BCUT2D eigenvalue weighted by atomic mass is 10.0. The Morgan fingerprint density at radius 2 is 1.06 bits per heavy atom. The highest BCUT2D eigenvalue weighted by Crippen LogP contribution is 2.35. The number of nitrogens with one attached hydrogen (secondary N) is 2. The summed E-state index contributed by atoms with van der Waals surface area (Å²) in [6.45, 7) is 4.17. The van der Waals surface area contributed by atoms with Gasteiger partial charge in [0.2, 0.25) is 0 Å². The molecule has 2 fully saturated rings. The molecule has 0 saturated carbocycles. The monoisotopic (exact) mass is 1010 g/mol. The van der Waals surface area contributed by atoms with Crippen LogP contribution < -0.4 is 16.4 Å². The molecule has 0 radical (unpaired) electrons. The van der Waals surface area contributed by atoms with Crippen molar-refractivity contribution in [3.8, 4) is 0 Å². The molecule has 2 aliphatic rings. The van der Waals surface area contributed by atoms with Crippen LogP contribution in [-0.4, -0.2) is 99.5 Å². The van der Waals surface area contributed by atoms with Crippen LogP contribution in [0.1, 0.15) is 245 Å². The van der Waals surface area contributed by atoms with Crippen LogP contribution in [0.5, 0.6) is 0 Å². The van der Waals surface area contributed by atoms with Crippen LogP contribution in [0.25, 0.3) is 0 Å². The second kappa shape index (κ2) is 47.4. The van der Waals surface area contributed by atoms with E-state index in [2.05, 4.69) is 29.0 Å². The number of carboxylic acid groups (broad SMARTS) is 1. The van der Waals surface area contributed by atoms with Crippen molar-refractivity contribution in [2.75, 3.05) is 32.1 Å². The fourth-order valence-electron chi connectivity index (χ4n) is 8.34. The molecule has 2 aliphatic heterocycles. The van der Waals surface area contributed by atoms with Crippen molar-refractivity contribution in [1.82, 2.24) is 10.6 Å². The first-order chi connectivity index (χ1) is 32.9. The van der Waals surface area contributed by atoms with Gasteiger partial charge in [-0.2, -0.15) is 11.8 Å². The Labute approximate surface area is 416 Å². The van der Waals surface area contributed by atoms with Gasteiger partial charge in [0.15, 0.2) is 6.10 Å². The number of esters is 2. The molecule has 2 amide bonds. The van der Waals surface area contributed by atoms with E-state index < -0.39 is 19.9 Å². The number of carboxylic acids is 1. The summed E-state index contributed by atoms with van der Waals surface area (Å²) >= 11 is 1.87. The smallest absolute Gasteiger partial charge is 0.469 e. The highest BCUT2D eigenvalue weighted by molar-refractivity contribution is 8.00. The first kappa shape index (κ1) is 66.1. The molecule has 0 bridgehead atoms. The van der Waals surface area contributed by atoms with Gasteiger partial charge in [-0.15, -0.1) is 0 Å². The summed E-state index contributed by atoms with van der Waals surface area (Å²) in [6.07, 6.45) is 41.6. The molecule has 0 aliphatic carbocycles. The fourth-order valence-corrected chi connectivity index (χ4v) is 10.2. The van der Waals surface area contributed by atoms with E-state index in [4.69, 9.17) is 30.1 Å². The van der Waals surface area contributed by atoms with Crippen molar-refractivity contribution in [3.05, 3.63) is 0 Å². The third kappa shape index (κ3) is 44.0. The molecule has 0 aromatic heterocycles. The van der Waals surface area contributed by atoms with Crippen molar-refractivity contribution in [3.63, 3.8) is 0 Å². The predicted octanol–water partition coefficient (Wildman–Crippen LogP) is 11.8. The number of amides is 2.